The zero-order chi connectivity index (χ0) is 18.1. The van der Waals surface area contributed by atoms with E-state index < -0.39 is 17.8 Å². The van der Waals surface area contributed by atoms with Crippen LogP contribution in [0.25, 0.3) is 0 Å². The fourth-order valence-corrected chi connectivity index (χ4v) is 2.77. The van der Waals surface area contributed by atoms with Crippen LogP contribution in [0.4, 0.5) is 0 Å². The second-order valence-electron chi connectivity index (χ2n) is 5.76. The van der Waals surface area contributed by atoms with Gasteiger partial charge in [0.2, 0.25) is 0 Å². The number of carbonyl (C=O) groups is 3. The molecule has 0 aliphatic carbocycles. The van der Waals surface area contributed by atoms with E-state index in [0.717, 1.165) is 5.56 Å². The van der Waals surface area contributed by atoms with Gasteiger partial charge in [-0.25, -0.2) is 9.78 Å². The first-order valence-electron chi connectivity index (χ1n) is 7.88. The van der Waals surface area contributed by atoms with Crippen molar-refractivity contribution in [2.75, 3.05) is 0 Å². The van der Waals surface area contributed by atoms with Crippen LogP contribution in [0, 0.1) is 0 Å². The highest BCUT2D eigenvalue weighted by molar-refractivity contribution is 6.21. The molecule has 26 heavy (non-hydrogen) atoms. The number of benzene rings is 2. The summed E-state index contributed by atoms with van der Waals surface area (Å²) in [5.74, 6) is -2.06. The van der Waals surface area contributed by atoms with Crippen LogP contribution in [0.5, 0.6) is 0 Å². The van der Waals surface area contributed by atoms with Crippen LogP contribution in [0.15, 0.2) is 67.3 Å². The second kappa shape index (κ2) is 6.29. The van der Waals surface area contributed by atoms with Crippen LogP contribution in [0.2, 0.25) is 0 Å². The third-order valence-electron chi connectivity index (χ3n) is 4.02. The van der Waals surface area contributed by atoms with Crippen molar-refractivity contribution in [3.63, 3.8) is 0 Å². The van der Waals surface area contributed by atoms with Gasteiger partial charge >= 0.3 is 5.97 Å². The topological polar surface area (TPSA) is 81.5 Å². The van der Waals surface area contributed by atoms with Gasteiger partial charge < -0.3 is 9.40 Å². The Morgan fingerprint density at radius 3 is 2.38 bits per heavy atom. The molecular weight excluding hydrogens is 334 g/mol. The van der Waals surface area contributed by atoms with Crippen LogP contribution < -0.4 is 0 Å². The summed E-state index contributed by atoms with van der Waals surface area (Å²) in [7, 11) is 0. The van der Waals surface area contributed by atoms with E-state index in [1.807, 2.05) is 16.8 Å². The minimum atomic E-state index is -0.771. The molecule has 1 aliphatic heterocycles. The van der Waals surface area contributed by atoms with Gasteiger partial charge in [-0.2, -0.15) is 0 Å². The van der Waals surface area contributed by atoms with Crippen molar-refractivity contribution in [2.24, 2.45) is 0 Å². The average Bonchev–Trinajstić information content (AvgIpc) is 3.25. The number of nitrogens with zero attached hydrogens (tertiary/aromatic N) is 3. The van der Waals surface area contributed by atoms with Crippen molar-refractivity contribution in [1.82, 2.24) is 14.6 Å². The van der Waals surface area contributed by atoms with Crippen LogP contribution in [0.3, 0.4) is 0 Å². The molecule has 1 aliphatic rings. The van der Waals surface area contributed by atoms with Gasteiger partial charge in [0.15, 0.2) is 0 Å². The maximum Gasteiger partial charge on any atom is 0.363 e. The summed E-state index contributed by atoms with van der Waals surface area (Å²) in [4.78, 5) is 46.0. The largest absolute Gasteiger partial charge is 0.363 e. The monoisotopic (exact) mass is 347 g/mol. The van der Waals surface area contributed by atoms with Crippen molar-refractivity contribution < 1.29 is 19.2 Å². The fraction of sp³-hybridized carbons (Fsp3) is 0.0526. The minimum absolute atomic E-state index is 0.221. The number of hydroxylamine groups is 2. The lowest BCUT2D eigenvalue weighted by molar-refractivity contribution is -0.0584. The number of aromatic nitrogens is 2. The number of imidazole rings is 1. The molecule has 0 radical (unpaired) electrons. The van der Waals surface area contributed by atoms with Gasteiger partial charge in [-0.15, -0.1) is 0 Å². The van der Waals surface area contributed by atoms with Crippen LogP contribution >= 0.6 is 0 Å². The Morgan fingerprint density at radius 1 is 1.00 bits per heavy atom. The van der Waals surface area contributed by atoms with E-state index in [9.17, 15) is 14.4 Å². The summed E-state index contributed by atoms with van der Waals surface area (Å²) in [5, 5.41) is 0.509. The van der Waals surface area contributed by atoms with E-state index in [1.54, 1.807) is 42.9 Å². The van der Waals surface area contributed by atoms with Gasteiger partial charge in [0.05, 0.1) is 23.0 Å². The lowest BCUT2D eigenvalue weighted by Crippen LogP contribution is -2.32. The minimum Gasteiger partial charge on any atom is -0.333 e. The number of hydrogen-bond donors (Lipinski definition) is 0. The summed E-state index contributed by atoms with van der Waals surface area (Å²) in [6, 6.07) is 13.1. The molecule has 0 unspecified atom stereocenters. The lowest BCUT2D eigenvalue weighted by atomic mass is 10.1. The van der Waals surface area contributed by atoms with E-state index in [-0.39, 0.29) is 16.7 Å². The fourth-order valence-electron chi connectivity index (χ4n) is 2.77. The molecule has 2 amide bonds. The first-order chi connectivity index (χ1) is 12.6. The first-order valence-corrected chi connectivity index (χ1v) is 7.88. The molecule has 7 nitrogen and oxygen atoms in total. The summed E-state index contributed by atoms with van der Waals surface area (Å²) in [6.45, 7) is 0.536. The SMILES string of the molecule is O=C(ON1C(=O)c2ccccc2C1=O)c1cccc(Cn2ccnc2)c1. The molecule has 1 aromatic heterocycles. The second-order valence-corrected chi connectivity index (χ2v) is 5.76. The van der Waals surface area contributed by atoms with Gasteiger partial charge in [-0.05, 0) is 29.8 Å². The van der Waals surface area contributed by atoms with E-state index in [4.69, 9.17) is 4.84 Å². The Labute approximate surface area is 148 Å². The van der Waals surface area contributed by atoms with Crippen molar-refractivity contribution in [3.8, 4) is 0 Å². The number of rotatable bonds is 4. The molecule has 2 heterocycles. The zero-order valence-corrected chi connectivity index (χ0v) is 13.5. The average molecular weight is 347 g/mol. The smallest absolute Gasteiger partial charge is 0.333 e. The summed E-state index contributed by atoms with van der Waals surface area (Å²) in [5.41, 5.74) is 1.55. The maximum atomic E-state index is 12.4. The predicted octanol–water partition coefficient (Wildman–Crippen LogP) is 2.30. The van der Waals surface area contributed by atoms with Crippen molar-refractivity contribution in [3.05, 3.63) is 89.5 Å². The highest BCUT2D eigenvalue weighted by Gasteiger charge is 2.38. The molecule has 0 atom stereocenters. The summed E-state index contributed by atoms with van der Waals surface area (Å²) >= 11 is 0. The molecular formula is C19H13N3O4. The van der Waals surface area contributed by atoms with E-state index >= 15 is 0 Å². The highest BCUT2D eigenvalue weighted by atomic mass is 16.7. The quantitative estimate of drug-likeness (QED) is 0.677. The Bertz CT molecular complexity index is 976. The lowest BCUT2D eigenvalue weighted by Gasteiger charge is -2.13. The maximum absolute atomic E-state index is 12.4. The molecule has 2 aromatic carbocycles. The Balaban J connectivity index is 1.52. The predicted molar refractivity (Wildman–Crippen MR) is 90.1 cm³/mol. The van der Waals surface area contributed by atoms with Gasteiger partial charge in [0, 0.05) is 18.9 Å². The molecule has 7 heteroatoms. The van der Waals surface area contributed by atoms with Crippen LogP contribution in [-0.4, -0.2) is 32.4 Å². The Hall–Kier alpha value is -3.74. The molecule has 128 valence electrons. The van der Waals surface area contributed by atoms with E-state index in [1.165, 1.54) is 12.1 Å². The van der Waals surface area contributed by atoms with Crippen molar-refractivity contribution in [2.45, 2.75) is 6.54 Å². The van der Waals surface area contributed by atoms with E-state index in [0.29, 0.717) is 11.6 Å². The van der Waals surface area contributed by atoms with Crippen LogP contribution in [-0.2, 0) is 11.4 Å². The number of fused-ring (bicyclic) bond motifs is 1. The molecule has 0 saturated carbocycles. The number of amides is 2. The summed E-state index contributed by atoms with van der Waals surface area (Å²) in [6.07, 6.45) is 5.15. The normalized spacial score (nSPS) is 13.0. The van der Waals surface area contributed by atoms with E-state index in [2.05, 4.69) is 4.98 Å². The van der Waals surface area contributed by atoms with Gasteiger partial charge in [-0.3, -0.25) is 9.59 Å². The highest BCUT2D eigenvalue weighted by Crippen LogP contribution is 2.23. The van der Waals surface area contributed by atoms with Crippen molar-refractivity contribution in [1.29, 1.82) is 0 Å². The molecule has 0 saturated heterocycles. The third-order valence-corrected chi connectivity index (χ3v) is 4.02. The van der Waals surface area contributed by atoms with Crippen molar-refractivity contribution >= 4 is 17.8 Å². The van der Waals surface area contributed by atoms with Crippen LogP contribution in [0.1, 0.15) is 36.6 Å². The molecule has 0 N–H and O–H groups in total. The van der Waals surface area contributed by atoms with Gasteiger partial charge in [0.1, 0.15) is 0 Å². The molecule has 0 bridgehead atoms. The van der Waals surface area contributed by atoms with Gasteiger partial charge in [0.25, 0.3) is 11.8 Å². The Morgan fingerprint density at radius 2 is 1.73 bits per heavy atom. The zero-order valence-electron chi connectivity index (χ0n) is 13.5. The molecule has 4 rings (SSSR count). The first kappa shape index (κ1) is 15.8. The molecule has 0 spiro atoms. The number of carbonyl (C=O) groups excluding carboxylic acids is 3. The molecule has 3 aromatic rings. The summed E-state index contributed by atoms with van der Waals surface area (Å²) < 4.78 is 1.86. The van der Waals surface area contributed by atoms with Gasteiger partial charge in [-0.1, -0.05) is 29.3 Å². The third kappa shape index (κ3) is 2.75. The number of hydrogen-bond acceptors (Lipinski definition) is 5. The Kier molecular flexibility index (Phi) is 3.81. The standard InChI is InChI=1S/C19H13N3O4/c23-17-15-6-1-2-7-16(15)18(24)22(17)26-19(25)14-5-3-4-13(10-14)11-21-9-8-20-12-21/h1-10,12H,11H2. The number of imide groups is 1. The molecule has 0 fully saturated rings.